The van der Waals surface area contributed by atoms with Gasteiger partial charge in [-0.05, 0) is 19.1 Å². The molecule has 0 aliphatic carbocycles. The third-order valence-corrected chi connectivity index (χ3v) is 3.91. The third kappa shape index (κ3) is 2.05. The number of halogens is 2. The lowest BCUT2D eigenvalue weighted by Gasteiger charge is -1.98. The highest BCUT2D eigenvalue weighted by atomic mass is 35.5. The Kier molecular flexibility index (Phi) is 3.15. The van der Waals surface area contributed by atoms with Crippen LogP contribution in [-0.2, 0) is 0 Å². The molecule has 0 amide bonds. The van der Waals surface area contributed by atoms with Crippen molar-refractivity contribution >= 4 is 34.5 Å². The van der Waals surface area contributed by atoms with Gasteiger partial charge in [0.1, 0.15) is 16.0 Å². The summed E-state index contributed by atoms with van der Waals surface area (Å²) in [7, 11) is 0. The summed E-state index contributed by atoms with van der Waals surface area (Å²) in [4.78, 5) is 4.94. The van der Waals surface area contributed by atoms with E-state index in [2.05, 4.69) is 11.1 Å². The summed E-state index contributed by atoms with van der Waals surface area (Å²) in [5.41, 5.74) is 1.62. The molecule has 0 aliphatic rings. The fourth-order valence-electron chi connectivity index (χ4n) is 1.25. The minimum Gasteiger partial charge on any atom is -0.240 e. The molecule has 2 nitrogen and oxygen atoms in total. The Morgan fingerprint density at radius 2 is 2.06 bits per heavy atom. The predicted octanol–water partition coefficient (Wildman–Crippen LogP) is 4.30. The normalized spacial score (nSPS) is 10.1. The SMILES string of the molecule is Cc1nc(-c2ccc(Cl)c(Cl)c2)sc1C#N. The van der Waals surface area contributed by atoms with Crippen molar-refractivity contribution in [1.29, 1.82) is 5.26 Å². The zero-order chi connectivity index (χ0) is 11.7. The Labute approximate surface area is 107 Å². The van der Waals surface area contributed by atoms with Crippen LogP contribution in [0.5, 0.6) is 0 Å². The molecule has 0 fully saturated rings. The summed E-state index contributed by atoms with van der Waals surface area (Å²) in [5, 5.41) is 10.6. The third-order valence-electron chi connectivity index (χ3n) is 2.06. The molecule has 1 aromatic carbocycles. The maximum absolute atomic E-state index is 8.85. The number of rotatable bonds is 1. The summed E-state index contributed by atoms with van der Waals surface area (Å²) in [6.07, 6.45) is 0. The van der Waals surface area contributed by atoms with Gasteiger partial charge in [0.05, 0.1) is 15.7 Å². The van der Waals surface area contributed by atoms with E-state index in [0.717, 1.165) is 16.3 Å². The maximum atomic E-state index is 8.85. The molecule has 0 spiro atoms. The van der Waals surface area contributed by atoms with E-state index in [1.807, 2.05) is 13.0 Å². The average Bonchev–Trinajstić information content (AvgIpc) is 2.64. The summed E-state index contributed by atoms with van der Waals surface area (Å²) in [5.74, 6) is 0. The first-order chi connectivity index (χ1) is 7.61. The fraction of sp³-hybridized carbons (Fsp3) is 0.0909. The van der Waals surface area contributed by atoms with Gasteiger partial charge in [-0.15, -0.1) is 11.3 Å². The predicted molar refractivity (Wildman–Crippen MR) is 67.0 cm³/mol. The van der Waals surface area contributed by atoms with Crippen molar-refractivity contribution in [1.82, 2.24) is 4.98 Å². The summed E-state index contributed by atoms with van der Waals surface area (Å²) in [6.45, 7) is 1.82. The average molecular weight is 269 g/mol. The quantitative estimate of drug-likeness (QED) is 0.774. The largest absolute Gasteiger partial charge is 0.240 e. The lowest BCUT2D eigenvalue weighted by atomic mass is 10.2. The van der Waals surface area contributed by atoms with Crippen LogP contribution < -0.4 is 0 Å². The standard InChI is InChI=1S/C11H6Cl2N2S/c1-6-10(5-14)16-11(15-6)7-2-3-8(12)9(13)4-7/h2-4H,1H3. The van der Waals surface area contributed by atoms with Crippen LogP contribution in [-0.4, -0.2) is 4.98 Å². The van der Waals surface area contributed by atoms with Gasteiger partial charge in [-0.3, -0.25) is 0 Å². The molecule has 0 N–H and O–H groups in total. The monoisotopic (exact) mass is 268 g/mol. The van der Waals surface area contributed by atoms with E-state index in [1.54, 1.807) is 12.1 Å². The Balaban J connectivity index is 2.51. The Morgan fingerprint density at radius 3 is 2.62 bits per heavy atom. The van der Waals surface area contributed by atoms with Crippen LogP contribution in [0.3, 0.4) is 0 Å². The van der Waals surface area contributed by atoms with E-state index in [1.165, 1.54) is 11.3 Å². The van der Waals surface area contributed by atoms with Gasteiger partial charge in [0.2, 0.25) is 0 Å². The Hall–Kier alpha value is -1.08. The fourth-order valence-corrected chi connectivity index (χ4v) is 2.41. The molecule has 0 saturated carbocycles. The summed E-state index contributed by atoms with van der Waals surface area (Å²) >= 11 is 13.1. The van der Waals surface area contributed by atoms with Crippen LogP contribution in [0.1, 0.15) is 10.6 Å². The number of nitriles is 1. The number of aryl methyl sites for hydroxylation is 1. The number of nitrogens with zero attached hydrogens (tertiary/aromatic N) is 2. The van der Waals surface area contributed by atoms with Crippen molar-refractivity contribution in [2.45, 2.75) is 6.92 Å². The van der Waals surface area contributed by atoms with Crippen molar-refractivity contribution < 1.29 is 0 Å². The van der Waals surface area contributed by atoms with Crippen LogP contribution in [0, 0.1) is 18.3 Å². The number of benzene rings is 1. The van der Waals surface area contributed by atoms with Crippen molar-refractivity contribution in [2.75, 3.05) is 0 Å². The molecule has 0 saturated heterocycles. The number of hydrogen-bond donors (Lipinski definition) is 0. The molecule has 0 aliphatic heterocycles. The van der Waals surface area contributed by atoms with Crippen LogP contribution in [0.15, 0.2) is 18.2 Å². The molecular weight excluding hydrogens is 263 g/mol. The van der Waals surface area contributed by atoms with E-state index in [4.69, 9.17) is 28.5 Å². The van der Waals surface area contributed by atoms with Crippen LogP contribution in [0.2, 0.25) is 10.0 Å². The van der Waals surface area contributed by atoms with Gasteiger partial charge in [-0.1, -0.05) is 29.3 Å². The highest BCUT2D eigenvalue weighted by molar-refractivity contribution is 7.15. The van der Waals surface area contributed by atoms with E-state index >= 15 is 0 Å². The molecule has 2 rings (SSSR count). The molecule has 2 aromatic rings. The van der Waals surface area contributed by atoms with Gasteiger partial charge in [0.25, 0.3) is 0 Å². The first-order valence-electron chi connectivity index (χ1n) is 4.45. The molecule has 5 heteroatoms. The van der Waals surface area contributed by atoms with Gasteiger partial charge in [-0.2, -0.15) is 5.26 Å². The molecular formula is C11H6Cl2N2S. The van der Waals surface area contributed by atoms with Gasteiger partial charge in [0, 0.05) is 5.56 Å². The smallest absolute Gasteiger partial charge is 0.128 e. The molecule has 16 heavy (non-hydrogen) atoms. The second-order valence-electron chi connectivity index (χ2n) is 3.17. The van der Waals surface area contributed by atoms with Crippen molar-refractivity contribution in [3.63, 3.8) is 0 Å². The van der Waals surface area contributed by atoms with E-state index in [0.29, 0.717) is 14.9 Å². The van der Waals surface area contributed by atoms with Crippen molar-refractivity contribution in [3.8, 4) is 16.6 Å². The van der Waals surface area contributed by atoms with Gasteiger partial charge < -0.3 is 0 Å². The minimum absolute atomic E-state index is 0.491. The van der Waals surface area contributed by atoms with E-state index < -0.39 is 0 Å². The Bertz CT molecular complexity index is 584. The first kappa shape index (κ1) is 11.4. The first-order valence-corrected chi connectivity index (χ1v) is 6.02. The second kappa shape index (κ2) is 4.42. The lowest BCUT2D eigenvalue weighted by Crippen LogP contribution is -1.78. The van der Waals surface area contributed by atoms with Crippen molar-refractivity contribution in [3.05, 3.63) is 38.8 Å². The highest BCUT2D eigenvalue weighted by Crippen LogP contribution is 2.31. The van der Waals surface area contributed by atoms with Crippen molar-refractivity contribution in [2.24, 2.45) is 0 Å². The molecule has 1 aromatic heterocycles. The number of thiazole rings is 1. The summed E-state index contributed by atoms with van der Waals surface area (Å²) < 4.78 is 0. The zero-order valence-electron chi connectivity index (χ0n) is 8.29. The molecule has 0 atom stereocenters. The van der Waals surface area contributed by atoms with Gasteiger partial charge in [-0.25, -0.2) is 4.98 Å². The molecule has 0 bridgehead atoms. The lowest BCUT2D eigenvalue weighted by molar-refractivity contribution is 1.25. The number of aromatic nitrogens is 1. The molecule has 1 heterocycles. The highest BCUT2D eigenvalue weighted by Gasteiger charge is 2.09. The molecule has 80 valence electrons. The van der Waals surface area contributed by atoms with Gasteiger partial charge >= 0.3 is 0 Å². The summed E-state index contributed by atoms with van der Waals surface area (Å²) in [6, 6.07) is 7.43. The van der Waals surface area contributed by atoms with E-state index in [9.17, 15) is 0 Å². The van der Waals surface area contributed by atoms with E-state index in [-0.39, 0.29) is 0 Å². The molecule has 0 radical (unpaired) electrons. The molecule has 0 unspecified atom stereocenters. The topological polar surface area (TPSA) is 36.7 Å². The van der Waals surface area contributed by atoms with Crippen LogP contribution in [0.25, 0.3) is 10.6 Å². The Morgan fingerprint density at radius 1 is 1.31 bits per heavy atom. The zero-order valence-corrected chi connectivity index (χ0v) is 10.6. The van der Waals surface area contributed by atoms with Crippen LogP contribution in [0.4, 0.5) is 0 Å². The number of hydrogen-bond acceptors (Lipinski definition) is 3. The maximum Gasteiger partial charge on any atom is 0.128 e. The van der Waals surface area contributed by atoms with Crippen LogP contribution >= 0.6 is 34.5 Å². The second-order valence-corrected chi connectivity index (χ2v) is 4.99. The van der Waals surface area contributed by atoms with Gasteiger partial charge in [0.15, 0.2) is 0 Å². The minimum atomic E-state index is 0.491.